The topological polar surface area (TPSA) is 25.6 Å². The molecular weight excluding hydrogens is 472 g/mol. The van der Waals surface area contributed by atoms with Gasteiger partial charge in [-0.05, 0) is 58.0 Å². The minimum atomic E-state index is 0.611. The third-order valence-corrected chi connectivity index (χ3v) is 7.81. The van der Waals surface area contributed by atoms with Crippen molar-refractivity contribution >= 4 is 45.1 Å². The average Bonchev–Trinajstić information content (AvgIpc) is 3.40. The lowest BCUT2D eigenvalue weighted by atomic mass is 10.3. The number of aryl methyl sites for hydroxylation is 1. The van der Waals surface area contributed by atoms with Gasteiger partial charge in [0.1, 0.15) is 22.8 Å². The minimum Gasteiger partial charge on any atom is -0.494 e. The summed E-state index contributed by atoms with van der Waals surface area (Å²) < 4.78 is 15.5. The number of hydrogen-bond donors (Lipinski definition) is 0. The van der Waals surface area contributed by atoms with Crippen LogP contribution >= 0.6 is 23.1 Å². The number of thioether (sulfide) groups is 1. The van der Waals surface area contributed by atoms with E-state index >= 15 is 0 Å². The third-order valence-electron chi connectivity index (χ3n) is 5.58. The standard InChI is InChI=1S/C29H33N2O2S2/c1-5-30-24-16-9-11-18-26(24)34-28(30)20-22(32-7-3)14-13-15-23(33-8-4)21-29-31(6-2)25-17-10-12-19-27(25)35-29/h9-21H,5-8H2,1-4H3/q+1. The van der Waals surface area contributed by atoms with Gasteiger partial charge in [-0.2, -0.15) is 4.57 Å². The first-order valence-corrected chi connectivity index (χ1v) is 13.8. The maximum Gasteiger partial charge on any atom is 0.266 e. The molecule has 0 aliphatic carbocycles. The quantitative estimate of drug-likeness (QED) is 0.161. The monoisotopic (exact) mass is 505 g/mol. The molecule has 2 heterocycles. The molecule has 0 N–H and O–H groups in total. The number of thiazole rings is 1. The second-order valence-electron chi connectivity index (χ2n) is 7.79. The number of fused-ring (bicyclic) bond motifs is 2. The summed E-state index contributed by atoms with van der Waals surface area (Å²) in [6, 6.07) is 17.0. The molecule has 1 aromatic heterocycles. The first kappa shape index (κ1) is 25.1. The molecule has 3 aromatic rings. The van der Waals surface area contributed by atoms with E-state index in [2.05, 4.69) is 84.0 Å². The van der Waals surface area contributed by atoms with Crippen molar-refractivity contribution < 1.29 is 14.0 Å². The first-order valence-electron chi connectivity index (χ1n) is 12.2. The zero-order valence-corrected chi connectivity index (χ0v) is 22.5. The van der Waals surface area contributed by atoms with Gasteiger partial charge in [-0.15, -0.1) is 0 Å². The summed E-state index contributed by atoms with van der Waals surface area (Å²) in [5.74, 6) is 1.66. The molecule has 0 amide bonds. The van der Waals surface area contributed by atoms with Crippen molar-refractivity contribution in [3.8, 4) is 0 Å². The summed E-state index contributed by atoms with van der Waals surface area (Å²) >= 11 is 3.57. The number of para-hydroxylation sites is 2. The molecule has 1 aliphatic rings. The minimum absolute atomic E-state index is 0.611. The van der Waals surface area contributed by atoms with E-state index in [4.69, 9.17) is 9.47 Å². The Morgan fingerprint density at radius 1 is 0.943 bits per heavy atom. The fourth-order valence-electron chi connectivity index (χ4n) is 4.06. The molecule has 2 aromatic carbocycles. The van der Waals surface area contributed by atoms with E-state index < -0.39 is 0 Å². The molecule has 0 spiro atoms. The molecule has 0 atom stereocenters. The molecule has 0 saturated heterocycles. The number of allylic oxidation sites excluding steroid dienone is 4. The predicted octanol–water partition coefficient (Wildman–Crippen LogP) is 7.54. The van der Waals surface area contributed by atoms with E-state index in [1.54, 1.807) is 23.1 Å². The number of hydrogen-bond acceptors (Lipinski definition) is 5. The van der Waals surface area contributed by atoms with E-state index in [1.807, 2.05) is 32.1 Å². The van der Waals surface area contributed by atoms with Gasteiger partial charge in [-0.25, -0.2) is 0 Å². The molecule has 6 heteroatoms. The van der Waals surface area contributed by atoms with Crippen LogP contribution in [-0.2, 0) is 16.0 Å². The van der Waals surface area contributed by atoms with Gasteiger partial charge < -0.3 is 14.4 Å². The van der Waals surface area contributed by atoms with Gasteiger partial charge >= 0.3 is 0 Å². The normalized spacial score (nSPS) is 15.4. The lowest BCUT2D eigenvalue weighted by molar-refractivity contribution is -0.665. The Kier molecular flexibility index (Phi) is 8.72. The molecule has 182 valence electrons. The molecule has 0 radical (unpaired) electrons. The summed E-state index contributed by atoms with van der Waals surface area (Å²) in [4.78, 5) is 3.61. The van der Waals surface area contributed by atoms with Crippen molar-refractivity contribution in [3.05, 3.63) is 94.4 Å². The third kappa shape index (κ3) is 5.82. The fourth-order valence-corrected chi connectivity index (χ4v) is 6.40. The van der Waals surface area contributed by atoms with Crippen LogP contribution in [0, 0.1) is 0 Å². The number of nitrogens with zero attached hydrogens (tertiary/aromatic N) is 2. The highest BCUT2D eigenvalue weighted by Gasteiger charge is 2.23. The van der Waals surface area contributed by atoms with Crippen molar-refractivity contribution in [1.82, 2.24) is 0 Å². The van der Waals surface area contributed by atoms with Crippen LogP contribution in [-0.4, -0.2) is 19.8 Å². The Bertz CT molecular complexity index is 1290. The van der Waals surface area contributed by atoms with Crippen LogP contribution in [0.15, 0.2) is 94.3 Å². The molecule has 0 fully saturated rings. The fraction of sp³-hybridized carbons (Fsp3) is 0.276. The highest BCUT2D eigenvalue weighted by atomic mass is 32.2. The Hall–Kier alpha value is -2.96. The maximum atomic E-state index is 5.96. The van der Waals surface area contributed by atoms with Crippen LogP contribution in [0.25, 0.3) is 16.3 Å². The van der Waals surface area contributed by atoms with Gasteiger partial charge in [0.15, 0.2) is 0 Å². The molecule has 35 heavy (non-hydrogen) atoms. The number of ether oxygens (including phenoxy) is 2. The van der Waals surface area contributed by atoms with Crippen LogP contribution < -0.4 is 9.47 Å². The van der Waals surface area contributed by atoms with Gasteiger partial charge in [-0.1, -0.05) is 53.4 Å². The van der Waals surface area contributed by atoms with Gasteiger partial charge in [0.2, 0.25) is 5.52 Å². The lowest BCUT2D eigenvalue weighted by Crippen LogP contribution is -2.33. The molecule has 4 rings (SSSR count). The van der Waals surface area contributed by atoms with Crippen LogP contribution in [0.5, 0.6) is 0 Å². The summed E-state index contributed by atoms with van der Waals surface area (Å²) in [5.41, 5.74) is 2.51. The number of benzene rings is 2. The molecule has 0 unspecified atom stereocenters. The Morgan fingerprint density at radius 2 is 1.69 bits per heavy atom. The van der Waals surface area contributed by atoms with E-state index in [0.717, 1.165) is 24.6 Å². The molecule has 1 aliphatic heterocycles. The summed E-state index contributed by atoms with van der Waals surface area (Å²) in [5, 5.41) is 2.35. The lowest BCUT2D eigenvalue weighted by Gasteiger charge is -2.18. The molecule has 0 bridgehead atoms. The van der Waals surface area contributed by atoms with Crippen molar-refractivity contribution in [2.75, 3.05) is 24.7 Å². The van der Waals surface area contributed by atoms with E-state index in [1.165, 1.54) is 30.8 Å². The Morgan fingerprint density at radius 3 is 2.46 bits per heavy atom. The summed E-state index contributed by atoms with van der Waals surface area (Å²) in [7, 11) is 0. The van der Waals surface area contributed by atoms with Crippen LogP contribution in [0.1, 0.15) is 32.7 Å². The van der Waals surface area contributed by atoms with Crippen molar-refractivity contribution in [2.45, 2.75) is 39.1 Å². The second kappa shape index (κ2) is 12.1. The highest BCUT2D eigenvalue weighted by Crippen LogP contribution is 2.45. The Labute approximate surface area is 216 Å². The van der Waals surface area contributed by atoms with Crippen LogP contribution in [0.4, 0.5) is 5.69 Å². The van der Waals surface area contributed by atoms with E-state index in [-0.39, 0.29) is 0 Å². The predicted molar refractivity (Wildman–Crippen MR) is 150 cm³/mol. The SMILES string of the molecule is CCOC(=CC=CC(=Cc1sc2ccccc2[n+]1CC)OCC)C=C1Sc2ccccc2N1CC. The molecular formula is C29H33N2O2S2+. The van der Waals surface area contributed by atoms with E-state index in [0.29, 0.717) is 13.2 Å². The van der Waals surface area contributed by atoms with Crippen molar-refractivity contribution in [2.24, 2.45) is 0 Å². The average molecular weight is 506 g/mol. The number of rotatable bonds is 10. The zero-order valence-electron chi connectivity index (χ0n) is 20.9. The summed E-state index contributed by atoms with van der Waals surface area (Å²) in [6.07, 6.45) is 10.3. The van der Waals surface area contributed by atoms with Gasteiger partial charge in [0.05, 0.1) is 30.0 Å². The van der Waals surface area contributed by atoms with E-state index in [9.17, 15) is 0 Å². The summed E-state index contributed by atoms with van der Waals surface area (Å²) in [6.45, 7) is 11.4. The van der Waals surface area contributed by atoms with Gasteiger partial charge in [-0.3, -0.25) is 0 Å². The van der Waals surface area contributed by atoms with Gasteiger partial charge in [0, 0.05) is 23.6 Å². The van der Waals surface area contributed by atoms with Gasteiger partial charge in [0.25, 0.3) is 5.01 Å². The first-order chi connectivity index (χ1) is 17.2. The van der Waals surface area contributed by atoms with Crippen LogP contribution in [0.3, 0.4) is 0 Å². The number of aromatic nitrogens is 1. The largest absolute Gasteiger partial charge is 0.494 e. The number of anilines is 1. The van der Waals surface area contributed by atoms with Crippen molar-refractivity contribution in [3.63, 3.8) is 0 Å². The highest BCUT2D eigenvalue weighted by molar-refractivity contribution is 8.03. The molecule has 0 saturated carbocycles. The second-order valence-corrected chi connectivity index (χ2v) is 9.91. The smallest absolute Gasteiger partial charge is 0.266 e. The zero-order chi connectivity index (χ0) is 24.6. The maximum absolute atomic E-state index is 5.96. The Balaban J connectivity index is 1.61. The van der Waals surface area contributed by atoms with Crippen molar-refractivity contribution in [1.29, 1.82) is 0 Å². The van der Waals surface area contributed by atoms with Crippen LogP contribution in [0.2, 0.25) is 0 Å². The molecule has 4 nitrogen and oxygen atoms in total.